The molecule has 1 N–H and O–H groups in total. The molecule has 1 heterocycles. The number of aromatic nitrogens is 2. The van der Waals surface area contributed by atoms with Crippen molar-refractivity contribution in [3.05, 3.63) is 58.1 Å². The SMILES string of the molecule is COc1ccc(NC(=O)[C@@H](C)Sc2nnc(-c3cccc(C)c3)o2)c([N+](=O)[O-])c1. The van der Waals surface area contributed by atoms with Gasteiger partial charge in [-0.05, 0) is 38.1 Å². The van der Waals surface area contributed by atoms with Crippen LogP contribution in [0.5, 0.6) is 5.75 Å². The molecule has 0 bridgehead atoms. The van der Waals surface area contributed by atoms with Gasteiger partial charge in [-0.3, -0.25) is 14.9 Å². The highest BCUT2D eigenvalue weighted by Crippen LogP contribution is 2.31. The lowest BCUT2D eigenvalue weighted by Gasteiger charge is -2.11. The molecule has 0 spiro atoms. The van der Waals surface area contributed by atoms with Crippen molar-refractivity contribution in [3.63, 3.8) is 0 Å². The fourth-order valence-electron chi connectivity index (χ4n) is 2.49. The first-order chi connectivity index (χ1) is 13.9. The van der Waals surface area contributed by atoms with Crippen LogP contribution in [0.25, 0.3) is 11.5 Å². The van der Waals surface area contributed by atoms with E-state index in [-0.39, 0.29) is 16.6 Å². The van der Waals surface area contributed by atoms with Crippen LogP contribution in [0.1, 0.15) is 12.5 Å². The highest BCUT2D eigenvalue weighted by molar-refractivity contribution is 8.00. The zero-order chi connectivity index (χ0) is 21.0. The van der Waals surface area contributed by atoms with Crippen molar-refractivity contribution in [1.82, 2.24) is 10.2 Å². The van der Waals surface area contributed by atoms with E-state index in [1.807, 2.05) is 31.2 Å². The zero-order valence-corrected chi connectivity index (χ0v) is 16.7. The van der Waals surface area contributed by atoms with E-state index in [4.69, 9.17) is 9.15 Å². The molecule has 3 rings (SSSR count). The van der Waals surface area contributed by atoms with E-state index >= 15 is 0 Å². The van der Waals surface area contributed by atoms with E-state index in [9.17, 15) is 14.9 Å². The molecular weight excluding hydrogens is 396 g/mol. The zero-order valence-electron chi connectivity index (χ0n) is 15.9. The molecule has 150 valence electrons. The molecule has 0 saturated carbocycles. The Morgan fingerprint density at radius 2 is 2.07 bits per heavy atom. The minimum absolute atomic E-state index is 0.0826. The lowest BCUT2D eigenvalue weighted by Crippen LogP contribution is -2.22. The molecule has 0 fully saturated rings. The smallest absolute Gasteiger partial charge is 0.296 e. The summed E-state index contributed by atoms with van der Waals surface area (Å²) in [6.07, 6.45) is 0. The van der Waals surface area contributed by atoms with Crippen LogP contribution in [-0.4, -0.2) is 33.4 Å². The van der Waals surface area contributed by atoms with Gasteiger partial charge in [0.25, 0.3) is 10.9 Å². The molecular formula is C19H18N4O5S. The van der Waals surface area contributed by atoms with Gasteiger partial charge in [0.2, 0.25) is 11.8 Å². The third-order valence-corrected chi connectivity index (χ3v) is 4.91. The highest BCUT2D eigenvalue weighted by atomic mass is 32.2. The number of carbonyl (C=O) groups is 1. The fraction of sp³-hybridized carbons (Fsp3) is 0.211. The summed E-state index contributed by atoms with van der Waals surface area (Å²) in [5.41, 5.74) is 1.67. The van der Waals surface area contributed by atoms with E-state index in [1.54, 1.807) is 6.92 Å². The molecule has 0 aliphatic carbocycles. The number of hydrogen-bond donors (Lipinski definition) is 1. The molecule has 1 amide bonds. The Kier molecular flexibility index (Phi) is 6.13. The van der Waals surface area contributed by atoms with E-state index < -0.39 is 16.1 Å². The molecule has 1 aromatic heterocycles. The average molecular weight is 414 g/mol. The number of nitro benzene ring substituents is 1. The van der Waals surface area contributed by atoms with Crippen LogP contribution in [0.15, 0.2) is 52.1 Å². The number of amides is 1. The van der Waals surface area contributed by atoms with Crippen LogP contribution in [0.4, 0.5) is 11.4 Å². The minimum atomic E-state index is -0.623. The second kappa shape index (κ2) is 8.74. The van der Waals surface area contributed by atoms with Gasteiger partial charge in [0, 0.05) is 5.56 Å². The second-order valence-corrected chi connectivity index (χ2v) is 7.42. The van der Waals surface area contributed by atoms with Crippen molar-refractivity contribution in [3.8, 4) is 17.2 Å². The first-order valence-corrected chi connectivity index (χ1v) is 9.46. The molecule has 0 aliphatic rings. The van der Waals surface area contributed by atoms with Crippen molar-refractivity contribution in [1.29, 1.82) is 0 Å². The summed E-state index contributed by atoms with van der Waals surface area (Å²) in [6.45, 7) is 3.60. The minimum Gasteiger partial charge on any atom is -0.496 e. The van der Waals surface area contributed by atoms with Gasteiger partial charge >= 0.3 is 0 Å². The Morgan fingerprint density at radius 1 is 1.28 bits per heavy atom. The summed E-state index contributed by atoms with van der Waals surface area (Å²) in [6, 6.07) is 11.8. The Morgan fingerprint density at radius 3 is 2.76 bits per heavy atom. The van der Waals surface area contributed by atoms with Crippen molar-refractivity contribution in [2.24, 2.45) is 0 Å². The van der Waals surface area contributed by atoms with E-state index in [2.05, 4.69) is 15.5 Å². The number of aryl methyl sites for hydroxylation is 1. The van der Waals surface area contributed by atoms with Crippen LogP contribution in [0.3, 0.4) is 0 Å². The lowest BCUT2D eigenvalue weighted by molar-refractivity contribution is -0.384. The van der Waals surface area contributed by atoms with E-state index in [0.29, 0.717) is 11.6 Å². The number of hydrogen-bond acceptors (Lipinski definition) is 8. The summed E-state index contributed by atoms with van der Waals surface area (Å²) in [7, 11) is 1.41. The lowest BCUT2D eigenvalue weighted by atomic mass is 10.1. The van der Waals surface area contributed by atoms with Crippen LogP contribution in [-0.2, 0) is 4.79 Å². The largest absolute Gasteiger partial charge is 0.496 e. The Labute approximate surface area is 170 Å². The van der Waals surface area contributed by atoms with Crippen molar-refractivity contribution >= 4 is 29.0 Å². The van der Waals surface area contributed by atoms with Crippen molar-refractivity contribution in [2.75, 3.05) is 12.4 Å². The number of thioether (sulfide) groups is 1. The number of methoxy groups -OCH3 is 1. The topological polar surface area (TPSA) is 120 Å². The fourth-order valence-corrected chi connectivity index (χ4v) is 3.17. The normalized spacial score (nSPS) is 11.7. The van der Waals surface area contributed by atoms with Gasteiger partial charge in [0.05, 0.1) is 23.3 Å². The van der Waals surface area contributed by atoms with Crippen LogP contribution < -0.4 is 10.1 Å². The predicted octanol–water partition coefficient (Wildman–Crippen LogP) is 4.08. The van der Waals surface area contributed by atoms with E-state index in [1.165, 1.54) is 25.3 Å². The monoisotopic (exact) mass is 414 g/mol. The number of ether oxygens (including phenoxy) is 1. The maximum Gasteiger partial charge on any atom is 0.296 e. The number of nitrogens with zero attached hydrogens (tertiary/aromatic N) is 3. The predicted molar refractivity (Wildman–Crippen MR) is 108 cm³/mol. The maximum atomic E-state index is 12.5. The van der Waals surface area contributed by atoms with Gasteiger partial charge < -0.3 is 14.5 Å². The van der Waals surface area contributed by atoms with Crippen LogP contribution >= 0.6 is 11.8 Å². The van der Waals surface area contributed by atoms with Crippen molar-refractivity contribution < 1.29 is 18.9 Å². The first-order valence-electron chi connectivity index (χ1n) is 8.58. The van der Waals surface area contributed by atoms with Gasteiger partial charge in [-0.25, -0.2) is 0 Å². The molecule has 1 atom stereocenters. The highest BCUT2D eigenvalue weighted by Gasteiger charge is 2.23. The molecule has 0 unspecified atom stereocenters. The Hall–Kier alpha value is -3.40. The third-order valence-electron chi connectivity index (χ3n) is 3.98. The van der Waals surface area contributed by atoms with Gasteiger partial charge in [-0.1, -0.05) is 29.5 Å². The molecule has 0 radical (unpaired) electrons. The quantitative estimate of drug-likeness (QED) is 0.349. The Balaban J connectivity index is 1.70. The van der Waals surface area contributed by atoms with Crippen LogP contribution in [0, 0.1) is 17.0 Å². The summed E-state index contributed by atoms with van der Waals surface area (Å²) in [5, 5.41) is 21.4. The number of rotatable bonds is 7. The average Bonchev–Trinajstić information content (AvgIpc) is 3.16. The number of carbonyl (C=O) groups excluding carboxylic acids is 1. The molecule has 0 aliphatic heterocycles. The number of benzene rings is 2. The standard InChI is InChI=1S/C19H18N4O5S/c1-11-5-4-6-13(9-11)18-21-22-19(28-18)29-12(2)17(24)20-15-8-7-14(27-3)10-16(15)23(25)26/h4-10,12H,1-3H3,(H,20,24)/t12-/m1/s1. The van der Waals surface area contributed by atoms with Gasteiger partial charge in [0.1, 0.15) is 11.4 Å². The molecule has 9 nitrogen and oxygen atoms in total. The molecule has 3 aromatic rings. The maximum absolute atomic E-state index is 12.5. The van der Waals surface area contributed by atoms with Crippen LogP contribution in [0.2, 0.25) is 0 Å². The number of anilines is 1. The van der Waals surface area contributed by atoms with Gasteiger partial charge in [0.15, 0.2) is 0 Å². The summed E-state index contributed by atoms with van der Waals surface area (Å²) < 4.78 is 10.6. The van der Waals surface area contributed by atoms with Crippen molar-refractivity contribution in [2.45, 2.75) is 24.3 Å². The summed E-state index contributed by atoms with van der Waals surface area (Å²) in [4.78, 5) is 23.2. The molecule has 29 heavy (non-hydrogen) atoms. The molecule has 2 aromatic carbocycles. The van der Waals surface area contributed by atoms with E-state index in [0.717, 1.165) is 22.9 Å². The first kappa shape index (κ1) is 20.3. The van der Waals surface area contributed by atoms with Gasteiger partial charge in [-0.15, -0.1) is 10.2 Å². The second-order valence-electron chi connectivity index (χ2n) is 6.13. The van der Waals surface area contributed by atoms with Gasteiger partial charge in [-0.2, -0.15) is 0 Å². The third kappa shape index (κ3) is 4.91. The number of nitro groups is 1. The number of nitrogens with one attached hydrogen (secondary N) is 1. The Bertz CT molecular complexity index is 1050. The summed E-state index contributed by atoms with van der Waals surface area (Å²) >= 11 is 1.07. The summed E-state index contributed by atoms with van der Waals surface area (Å²) in [5.74, 6) is 0.250. The molecule has 0 saturated heterocycles. The molecule has 10 heteroatoms.